The summed E-state index contributed by atoms with van der Waals surface area (Å²) in [5.74, 6) is -1.44. The molecule has 7 nitrogen and oxygen atoms in total. The van der Waals surface area contributed by atoms with E-state index < -0.39 is 17.7 Å². The standard InChI is InChI=1S/C29H27N3O4S/c1-16-8-11-21(36-5)19(13-16)25(33)23-24(17-7-6-12-30-15-17)32(27(35)26(23)34)28-31-20-10-9-18(29(2,3)4)14-22(20)37-28/h6-15,24,33H,1-5H3/b25-23+. The summed E-state index contributed by atoms with van der Waals surface area (Å²) in [7, 11) is 1.49. The summed E-state index contributed by atoms with van der Waals surface area (Å²) in [5, 5.41) is 11.9. The highest BCUT2D eigenvalue weighted by Crippen LogP contribution is 2.45. The Morgan fingerprint density at radius 3 is 2.57 bits per heavy atom. The van der Waals surface area contributed by atoms with Crippen molar-refractivity contribution < 1.29 is 19.4 Å². The maximum Gasteiger partial charge on any atom is 0.301 e. The Bertz CT molecular complexity index is 1570. The summed E-state index contributed by atoms with van der Waals surface area (Å²) < 4.78 is 6.36. The summed E-state index contributed by atoms with van der Waals surface area (Å²) in [4.78, 5) is 37.3. The largest absolute Gasteiger partial charge is 0.507 e. The van der Waals surface area contributed by atoms with E-state index in [2.05, 4.69) is 31.8 Å². The van der Waals surface area contributed by atoms with Crippen LogP contribution in [0.2, 0.25) is 0 Å². The second-order valence-electron chi connectivity index (χ2n) is 10.1. The number of benzene rings is 2. The van der Waals surface area contributed by atoms with E-state index in [1.54, 1.807) is 36.7 Å². The number of amides is 1. The topological polar surface area (TPSA) is 92.6 Å². The highest BCUT2D eigenvalue weighted by molar-refractivity contribution is 7.22. The number of nitrogens with zero attached hydrogens (tertiary/aromatic N) is 3. The van der Waals surface area contributed by atoms with Crippen LogP contribution < -0.4 is 9.64 Å². The van der Waals surface area contributed by atoms with Gasteiger partial charge in [0.15, 0.2) is 5.13 Å². The molecule has 4 aromatic rings. The number of aliphatic hydroxyl groups is 1. The Labute approximate surface area is 219 Å². The number of Topliss-reactive ketones (excluding diaryl/α,β-unsaturated/α-hetero) is 1. The highest BCUT2D eigenvalue weighted by atomic mass is 32.1. The van der Waals surface area contributed by atoms with Gasteiger partial charge in [-0.1, -0.05) is 55.9 Å². The molecule has 0 aliphatic carbocycles. The van der Waals surface area contributed by atoms with Crippen LogP contribution in [0.25, 0.3) is 16.0 Å². The molecule has 1 fully saturated rings. The fourth-order valence-electron chi connectivity index (χ4n) is 4.52. The number of ether oxygens (including phenoxy) is 1. The lowest BCUT2D eigenvalue weighted by Gasteiger charge is -2.22. The number of thiazole rings is 1. The van der Waals surface area contributed by atoms with E-state index in [1.165, 1.54) is 23.3 Å². The van der Waals surface area contributed by atoms with Crippen molar-refractivity contribution >= 4 is 44.1 Å². The Hall–Kier alpha value is -4.04. The van der Waals surface area contributed by atoms with Crippen molar-refractivity contribution in [1.29, 1.82) is 0 Å². The van der Waals surface area contributed by atoms with Crippen molar-refractivity contribution in [2.45, 2.75) is 39.2 Å². The molecule has 8 heteroatoms. The molecule has 2 aromatic carbocycles. The molecule has 0 radical (unpaired) electrons. The van der Waals surface area contributed by atoms with Crippen molar-refractivity contribution in [3.63, 3.8) is 0 Å². The molecule has 1 amide bonds. The second kappa shape index (κ2) is 9.12. The molecule has 0 spiro atoms. The van der Waals surface area contributed by atoms with Crippen LogP contribution in [-0.2, 0) is 15.0 Å². The smallest absolute Gasteiger partial charge is 0.301 e. The van der Waals surface area contributed by atoms with Crippen molar-refractivity contribution in [2.75, 3.05) is 12.0 Å². The first-order chi connectivity index (χ1) is 17.6. The fourth-order valence-corrected chi connectivity index (χ4v) is 5.55. The number of hydrogen-bond acceptors (Lipinski definition) is 7. The number of rotatable bonds is 4. The molecule has 188 valence electrons. The first-order valence-corrected chi connectivity index (χ1v) is 12.7. The molecule has 1 saturated heterocycles. The van der Waals surface area contributed by atoms with Crippen LogP contribution in [0.3, 0.4) is 0 Å². The van der Waals surface area contributed by atoms with Crippen LogP contribution in [0.1, 0.15) is 49.1 Å². The minimum atomic E-state index is -0.901. The normalized spacial score (nSPS) is 17.5. The van der Waals surface area contributed by atoms with Crippen LogP contribution in [-0.4, -0.2) is 33.9 Å². The number of carbonyl (C=O) groups excluding carboxylic acids is 2. The third-order valence-electron chi connectivity index (χ3n) is 6.50. The van der Waals surface area contributed by atoms with E-state index in [0.717, 1.165) is 21.3 Å². The molecule has 2 aromatic heterocycles. The number of hydrogen-bond donors (Lipinski definition) is 1. The first kappa shape index (κ1) is 24.6. The van der Waals surface area contributed by atoms with Crippen molar-refractivity contribution in [3.05, 3.63) is 88.8 Å². The predicted molar refractivity (Wildman–Crippen MR) is 145 cm³/mol. The van der Waals surface area contributed by atoms with Gasteiger partial charge in [-0.15, -0.1) is 0 Å². The van der Waals surface area contributed by atoms with Gasteiger partial charge in [0.05, 0.1) is 34.5 Å². The van der Waals surface area contributed by atoms with Gasteiger partial charge in [0.1, 0.15) is 11.5 Å². The Kier molecular flexibility index (Phi) is 6.07. The van der Waals surface area contributed by atoms with E-state index in [1.807, 2.05) is 25.1 Å². The number of pyridine rings is 1. The molecule has 1 unspecified atom stereocenters. The summed E-state index contributed by atoms with van der Waals surface area (Å²) in [6.45, 7) is 8.28. The molecular formula is C29H27N3O4S. The number of carbonyl (C=O) groups is 2. The third-order valence-corrected chi connectivity index (χ3v) is 7.52. The lowest BCUT2D eigenvalue weighted by molar-refractivity contribution is -0.132. The quantitative estimate of drug-likeness (QED) is 0.207. The lowest BCUT2D eigenvalue weighted by atomic mass is 9.87. The minimum absolute atomic E-state index is 0.0310. The molecule has 37 heavy (non-hydrogen) atoms. The minimum Gasteiger partial charge on any atom is -0.507 e. The number of fused-ring (bicyclic) bond motifs is 1. The SMILES string of the molecule is COc1ccc(C)cc1/C(O)=C1\C(=O)C(=O)N(c2nc3ccc(C(C)(C)C)cc3s2)C1c1cccnc1. The molecule has 3 heterocycles. The molecule has 1 N–H and O–H groups in total. The number of methoxy groups -OCH3 is 1. The number of anilines is 1. The van der Waals surface area contributed by atoms with Gasteiger partial charge in [0, 0.05) is 12.4 Å². The van der Waals surface area contributed by atoms with E-state index in [0.29, 0.717) is 22.0 Å². The van der Waals surface area contributed by atoms with Crippen LogP contribution >= 0.6 is 11.3 Å². The summed E-state index contributed by atoms with van der Waals surface area (Å²) in [6, 6.07) is 13.9. The molecule has 5 rings (SSSR count). The van der Waals surface area contributed by atoms with E-state index in [4.69, 9.17) is 9.72 Å². The number of aliphatic hydroxyl groups excluding tert-OH is 1. The number of ketones is 1. The lowest BCUT2D eigenvalue weighted by Crippen LogP contribution is -2.29. The van der Waals surface area contributed by atoms with Crippen LogP contribution in [0.5, 0.6) is 5.75 Å². The van der Waals surface area contributed by atoms with Gasteiger partial charge in [0.2, 0.25) is 0 Å². The molecule has 1 aliphatic heterocycles. The predicted octanol–water partition coefficient (Wildman–Crippen LogP) is 5.93. The average molecular weight is 514 g/mol. The third kappa shape index (κ3) is 4.27. The fraction of sp³-hybridized carbons (Fsp3) is 0.241. The van der Waals surface area contributed by atoms with Gasteiger partial charge in [-0.25, -0.2) is 4.98 Å². The van der Waals surface area contributed by atoms with Gasteiger partial charge in [-0.05, 0) is 53.8 Å². The summed E-state index contributed by atoms with van der Waals surface area (Å²) in [5.41, 5.74) is 3.60. The van der Waals surface area contributed by atoms with E-state index in [9.17, 15) is 14.7 Å². The van der Waals surface area contributed by atoms with Crippen molar-refractivity contribution in [2.24, 2.45) is 0 Å². The van der Waals surface area contributed by atoms with Crippen molar-refractivity contribution in [3.8, 4) is 5.75 Å². The molecule has 0 bridgehead atoms. The summed E-state index contributed by atoms with van der Waals surface area (Å²) in [6.07, 6.45) is 3.21. The maximum atomic E-state index is 13.5. The first-order valence-electron chi connectivity index (χ1n) is 11.9. The zero-order chi connectivity index (χ0) is 26.5. The number of aromatic nitrogens is 2. The van der Waals surface area contributed by atoms with E-state index in [-0.39, 0.29) is 16.7 Å². The second-order valence-corrected chi connectivity index (χ2v) is 11.1. The van der Waals surface area contributed by atoms with Crippen LogP contribution in [0.4, 0.5) is 5.13 Å². The monoisotopic (exact) mass is 513 g/mol. The molecule has 0 saturated carbocycles. The summed E-state index contributed by atoms with van der Waals surface area (Å²) >= 11 is 1.34. The van der Waals surface area contributed by atoms with Gasteiger partial charge < -0.3 is 9.84 Å². The molecule has 1 atom stereocenters. The van der Waals surface area contributed by atoms with Crippen LogP contribution in [0.15, 0.2) is 66.5 Å². The zero-order valence-electron chi connectivity index (χ0n) is 21.3. The van der Waals surface area contributed by atoms with Gasteiger partial charge in [0.25, 0.3) is 5.78 Å². The van der Waals surface area contributed by atoms with Gasteiger partial charge >= 0.3 is 5.91 Å². The Balaban J connectivity index is 1.72. The van der Waals surface area contributed by atoms with Crippen molar-refractivity contribution in [1.82, 2.24) is 9.97 Å². The zero-order valence-corrected chi connectivity index (χ0v) is 22.1. The Morgan fingerprint density at radius 2 is 1.89 bits per heavy atom. The number of aryl methyl sites for hydroxylation is 1. The highest BCUT2D eigenvalue weighted by Gasteiger charge is 2.48. The van der Waals surface area contributed by atoms with E-state index >= 15 is 0 Å². The molecular weight excluding hydrogens is 486 g/mol. The van der Waals surface area contributed by atoms with Crippen LogP contribution in [0, 0.1) is 6.92 Å². The van der Waals surface area contributed by atoms with Gasteiger partial charge in [-0.3, -0.25) is 19.5 Å². The molecule has 1 aliphatic rings. The maximum absolute atomic E-state index is 13.5. The Morgan fingerprint density at radius 1 is 1.11 bits per heavy atom. The van der Waals surface area contributed by atoms with Gasteiger partial charge in [-0.2, -0.15) is 0 Å². The average Bonchev–Trinajstić information content (AvgIpc) is 3.41.